The number of rotatable bonds is 5. The summed E-state index contributed by atoms with van der Waals surface area (Å²) in [5.74, 6) is -0.398. The predicted octanol–water partition coefficient (Wildman–Crippen LogP) is 3.76. The third-order valence-electron chi connectivity index (χ3n) is 3.67. The smallest absolute Gasteiger partial charge is 0.257 e. The lowest BCUT2D eigenvalue weighted by Gasteiger charge is -2.03. The molecule has 3 aromatic rings. The first-order chi connectivity index (χ1) is 12.9. The first kappa shape index (κ1) is 18.9. The van der Waals surface area contributed by atoms with Crippen LogP contribution in [0.15, 0.2) is 58.8 Å². The van der Waals surface area contributed by atoms with Crippen LogP contribution in [0.2, 0.25) is 0 Å². The molecule has 0 spiro atoms. The zero-order chi connectivity index (χ0) is 19.4. The van der Waals surface area contributed by atoms with Gasteiger partial charge in [-0.25, -0.2) is 4.98 Å². The van der Waals surface area contributed by atoms with E-state index < -0.39 is 10.8 Å². The van der Waals surface area contributed by atoms with Crippen molar-refractivity contribution in [1.82, 2.24) is 4.98 Å². The molecule has 2 N–H and O–H groups in total. The second kappa shape index (κ2) is 8.24. The number of nitrogens with one attached hydrogen (secondary N) is 2. The lowest BCUT2D eigenvalue weighted by molar-refractivity contribution is -0.114. The number of thiazole rings is 1. The first-order valence-electron chi connectivity index (χ1n) is 8.01. The molecule has 0 aliphatic rings. The quantitative estimate of drug-likeness (QED) is 0.684. The molecule has 1 aromatic heterocycles. The van der Waals surface area contributed by atoms with Gasteiger partial charge in [-0.15, -0.1) is 11.3 Å². The Morgan fingerprint density at radius 2 is 1.67 bits per heavy atom. The highest BCUT2D eigenvalue weighted by atomic mass is 32.2. The Bertz CT molecular complexity index is 996. The molecule has 0 aliphatic heterocycles. The van der Waals surface area contributed by atoms with Crippen molar-refractivity contribution < 1.29 is 13.8 Å². The monoisotopic (exact) mass is 399 g/mol. The standard InChI is InChI=1S/C19H17N3O3S2/c1-12(23)20-15-7-3-13(4-8-15)17-11-26-19(21-17)22-18(24)14-5-9-16(10-6-14)27(2)25/h3-11H,1-2H3,(H,20,23)(H,21,22,24). The number of anilines is 2. The third-order valence-corrected chi connectivity index (χ3v) is 5.37. The van der Waals surface area contributed by atoms with Crippen LogP contribution in [0.4, 0.5) is 10.8 Å². The van der Waals surface area contributed by atoms with Gasteiger partial charge in [-0.2, -0.15) is 0 Å². The predicted molar refractivity (Wildman–Crippen MR) is 109 cm³/mol. The average Bonchev–Trinajstić information content (AvgIpc) is 3.10. The molecule has 0 bridgehead atoms. The highest BCUT2D eigenvalue weighted by molar-refractivity contribution is 7.84. The Balaban J connectivity index is 1.69. The van der Waals surface area contributed by atoms with Gasteiger partial charge in [0.1, 0.15) is 0 Å². The van der Waals surface area contributed by atoms with Crippen LogP contribution in [0.3, 0.4) is 0 Å². The van der Waals surface area contributed by atoms with Crippen LogP contribution in [0.25, 0.3) is 11.3 Å². The molecule has 2 amide bonds. The van der Waals surface area contributed by atoms with Crippen LogP contribution in [-0.2, 0) is 15.6 Å². The minimum absolute atomic E-state index is 0.125. The van der Waals surface area contributed by atoms with Gasteiger partial charge in [0.05, 0.1) is 5.69 Å². The van der Waals surface area contributed by atoms with Crippen LogP contribution < -0.4 is 10.6 Å². The van der Waals surface area contributed by atoms with E-state index in [2.05, 4.69) is 15.6 Å². The molecule has 2 aromatic carbocycles. The van der Waals surface area contributed by atoms with Gasteiger partial charge in [-0.05, 0) is 36.4 Å². The van der Waals surface area contributed by atoms with Crippen LogP contribution in [0.5, 0.6) is 0 Å². The molecule has 0 radical (unpaired) electrons. The SMILES string of the molecule is CC(=O)Nc1ccc(-c2csc(NC(=O)c3ccc(S(C)=O)cc3)n2)cc1. The Morgan fingerprint density at radius 3 is 2.26 bits per heavy atom. The van der Waals surface area contributed by atoms with Gasteiger partial charge < -0.3 is 5.32 Å². The van der Waals surface area contributed by atoms with Gasteiger partial charge >= 0.3 is 0 Å². The zero-order valence-electron chi connectivity index (χ0n) is 14.7. The Morgan fingerprint density at radius 1 is 1.00 bits per heavy atom. The Hall–Kier alpha value is -2.84. The summed E-state index contributed by atoms with van der Waals surface area (Å²) in [4.78, 5) is 28.5. The summed E-state index contributed by atoms with van der Waals surface area (Å²) in [6, 6.07) is 13.9. The molecular formula is C19H17N3O3S2. The van der Waals surface area contributed by atoms with E-state index in [1.807, 2.05) is 17.5 Å². The van der Waals surface area contributed by atoms with E-state index in [0.717, 1.165) is 11.3 Å². The van der Waals surface area contributed by atoms with Crippen molar-refractivity contribution >= 4 is 44.8 Å². The molecule has 1 heterocycles. The first-order valence-corrected chi connectivity index (χ1v) is 10.4. The molecule has 1 atom stereocenters. The molecule has 138 valence electrons. The summed E-state index contributed by atoms with van der Waals surface area (Å²) < 4.78 is 11.4. The van der Waals surface area contributed by atoms with Crippen LogP contribution in [0, 0.1) is 0 Å². The number of carbonyl (C=O) groups is 2. The highest BCUT2D eigenvalue weighted by Crippen LogP contribution is 2.26. The summed E-state index contributed by atoms with van der Waals surface area (Å²) in [6.45, 7) is 1.46. The van der Waals surface area contributed by atoms with E-state index in [9.17, 15) is 13.8 Å². The number of hydrogen-bond acceptors (Lipinski definition) is 5. The second-order valence-corrected chi connectivity index (χ2v) is 7.97. The Labute approximate surface area is 163 Å². The summed E-state index contributed by atoms with van der Waals surface area (Å²) in [5, 5.41) is 7.82. The van der Waals surface area contributed by atoms with Gasteiger partial charge in [0.15, 0.2) is 5.13 Å². The number of aromatic nitrogens is 1. The molecular weight excluding hydrogens is 382 g/mol. The van der Waals surface area contributed by atoms with Gasteiger partial charge in [0.25, 0.3) is 5.91 Å². The normalized spacial score (nSPS) is 11.6. The summed E-state index contributed by atoms with van der Waals surface area (Å²) in [5.41, 5.74) is 2.81. The molecule has 27 heavy (non-hydrogen) atoms. The van der Waals surface area contributed by atoms with E-state index in [1.54, 1.807) is 42.7 Å². The second-order valence-electron chi connectivity index (χ2n) is 5.73. The van der Waals surface area contributed by atoms with E-state index in [1.165, 1.54) is 18.3 Å². The minimum atomic E-state index is -1.08. The van der Waals surface area contributed by atoms with Crippen molar-refractivity contribution in [3.63, 3.8) is 0 Å². The number of carbonyl (C=O) groups excluding carboxylic acids is 2. The minimum Gasteiger partial charge on any atom is -0.326 e. The van der Waals surface area contributed by atoms with Crippen molar-refractivity contribution in [3.8, 4) is 11.3 Å². The maximum Gasteiger partial charge on any atom is 0.257 e. The van der Waals surface area contributed by atoms with E-state index in [4.69, 9.17) is 0 Å². The maximum atomic E-state index is 12.3. The van der Waals surface area contributed by atoms with Gasteiger partial charge in [-0.1, -0.05) is 12.1 Å². The number of nitrogens with zero attached hydrogens (tertiary/aromatic N) is 1. The van der Waals surface area contributed by atoms with Crippen molar-refractivity contribution in [2.75, 3.05) is 16.9 Å². The van der Waals surface area contributed by atoms with Gasteiger partial charge in [-0.3, -0.25) is 19.1 Å². The van der Waals surface area contributed by atoms with Crippen molar-refractivity contribution in [3.05, 3.63) is 59.5 Å². The van der Waals surface area contributed by atoms with Crippen molar-refractivity contribution in [2.45, 2.75) is 11.8 Å². The maximum absolute atomic E-state index is 12.3. The number of benzene rings is 2. The van der Waals surface area contributed by atoms with E-state index >= 15 is 0 Å². The topological polar surface area (TPSA) is 88.2 Å². The van der Waals surface area contributed by atoms with E-state index in [-0.39, 0.29) is 11.8 Å². The lowest BCUT2D eigenvalue weighted by atomic mass is 10.1. The molecule has 0 saturated heterocycles. The molecule has 6 nitrogen and oxygen atoms in total. The molecule has 1 unspecified atom stereocenters. The molecule has 8 heteroatoms. The third kappa shape index (κ3) is 4.87. The van der Waals surface area contributed by atoms with Crippen LogP contribution in [0.1, 0.15) is 17.3 Å². The summed E-state index contributed by atoms with van der Waals surface area (Å²) in [6.07, 6.45) is 1.59. The number of amides is 2. The summed E-state index contributed by atoms with van der Waals surface area (Å²) in [7, 11) is -1.08. The number of hydrogen-bond donors (Lipinski definition) is 2. The Kier molecular flexibility index (Phi) is 5.78. The van der Waals surface area contributed by atoms with E-state index in [0.29, 0.717) is 21.3 Å². The molecule has 3 rings (SSSR count). The van der Waals surface area contributed by atoms with Crippen molar-refractivity contribution in [1.29, 1.82) is 0 Å². The summed E-state index contributed by atoms with van der Waals surface area (Å²) >= 11 is 1.33. The molecule has 0 aliphatic carbocycles. The lowest BCUT2D eigenvalue weighted by Crippen LogP contribution is -2.11. The van der Waals surface area contributed by atoms with Crippen LogP contribution in [-0.4, -0.2) is 27.3 Å². The fraction of sp³-hybridized carbons (Fsp3) is 0.105. The highest BCUT2D eigenvalue weighted by Gasteiger charge is 2.11. The van der Waals surface area contributed by atoms with Gasteiger partial charge in [0, 0.05) is 51.1 Å². The largest absolute Gasteiger partial charge is 0.326 e. The molecule has 0 saturated carbocycles. The van der Waals surface area contributed by atoms with Crippen LogP contribution >= 0.6 is 11.3 Å². The van der Waals surface area contributed by atoms with Crippen molar-refractivity contribution in [2.24, 2.45) is 0 Å². The zero-order valence-corrected chi connectivity index (χ0v) is 16.3. The average molecular weight is 399 g/mol. The molecule has 0 fully saturated rings. The van der Waals surface area contributed by atoms with Gasteiger partial charge in [0.2, 0.25) is 5.91 Å². The fourth-order valence-electron chi connectivity index (χ4n) is 2.36. The fourth-order valence-corrected chi connectivity index (χ4v) is 3.59.